The number of hydrogen-bond acceptors (Lipinski definition) is 3. The zero-order valence-electron chi connectivity index (χ0n) is 13.8. The smallest absolute Gasteiger partial charge is 0.228 e. The Hall–Kier alpha value is -2.89. The normalized spacial score (nSPS) is 10.2. The van der Waals surface area contributed by atoms with Gasteiger partial charge in [-0.05, 0) is 35.9 Å². The van der Waals surface area contributed by atoms with Gasteiger partial charge in [-0.25, -0.2) is 4.39 Å². The molecular weight excluding hydrogens is 311 g/mol. The maximum absolute atomic E-state index is 13.5. The van der Waals surface area contributed by atoms with Crippen LogP contribution in [0.1, 0.15) is 12.5 Å². The molecule has 0 radical (unpaired) electrons. The molecule has 2 aromatic carbocycles. The summed E-state index contributed by atoms with van der Waals surface area (Å²) in [6, 6.07) is 11.0. The number of methoxy groups -OCH3 is 1. The van der Waals surface area contributed by atoms with Crippen LogP contribution in [0.5, 0.6) is 5.75 Å². The lowest BCUT2D eigenvalue weighted by molar-refractivity contribution is -0.117. The van der Waals surface area contributed by atoms with E-state index in [2.05, 4.69) is 5.32 Å². The minimum atomic E-state index is -0.490. The minimum absolute atomic E-state index is 0.129. The van der Waals surface area contributed by atoms with Crippen LogP contribution in [-0.4, -0.2) is 26.0 Å². The van der Waals surface area contributed by atoms with Gasteiger partial charge >= 0.3 is 0 Å². The summed E-state index contributed by atoms with van der Waals surface area (Å²) >= 11 is 0. The van der Waals surface area contributed by atoms with Crippen molar-refractivity contribution in [3.63, 3.8) is 0 Å². The van der Waals surface area contributed by atoms with Crippen molar-refractivity contribution in [2.45, 2.75) is 13.3 Å². The summed E-state index contributed by atoms with van der Waals surface area (Å²) in [6.45, 7) is 1.40. The van der Waals surface area contributed by atoms with Crippen molar-refractivity contribution in [3.8, 4) is 5.75 Å². The molecule has 2 amide bonds. The maximum Gasteiger partial charge on any atom is 0.228 e. The topological polar surface area (TPSA) is 58.6 Å². The number of ether oxygens (including phenoxy) is 1. The number of hydrogen-bond donors (Lipinski definition) is 1. The Morgan fingerprint density at radius 2 is 1.83 bits per heavy atom. The maximum atomic E-state index is 13.5. The van der Waals surface area contributed by atoms with Gasteiger partial charge in [0.05, 0.1) is 24.9 Å². The van der Waals surface area contributed by atoms with Gasteiger partial charge in [0.2, 0.25) is 11.8 Å². The van der Waals surface area contributed by atoms with E-state index in [1.54, 1.807) is 38.4 Å². The van der Waals surface area contributed by atoms with Crippen molar-refractivity contribution in [1.82, 2.24) is 0 Å². The fourth-order valence-corrected chi connectivity index (χ4v) is 2.19. The van der Waals surface area contributed by atoms with Crippen molar-refractivity contribution >= 4 is 23.2 Å². The van der Waals surface area contributed by atoms with Crippen LogP contribution >= 0.6 is 0 Å². The van der Waals surface area contributed by atoms with E-state index in [0.717, 1.165) is 5.56 Å². The summed E-state index contributed by atoms with van der Waals surface area (Å²) in [7, 11) is 3.13. The predicted octanol–water partition coefficient (Wildman–Crippen LogP) is 3.00. The highest BCUT2D eigenvalue weighted by molar-refractivity contribution is 6.00. The van der Waals surface area contributed by atoms with E-state index in [9.17, 15) is 14.0 Å². The molecule has 0 bridgehead atoms. The van der Waals surface area contributed by atoms with E-state index in [1.165, 1.54) is 30.0 Å². The lowest BCUT2D eigenvalue weighted by atomic mass is 10.1. The third-order valence-corrected chi connectivity index (χ3v) is 3.59. The second-order valence-corrected chi connectivity index (χ2v) is 5.31. The summed E-state index contributed by atoms with van der Waals surface area (Å²) in [4.78, 5) is 25.1. The number of benzene rings is 2. The van der Waals surface area contributed by atoms with Gasteiger partial charge in [-0.15, -0.1) is 0 Å². The molecule has 0 aliphatic rings. The van der Waals surface area contributed by atoms with Crippen LogP contribution in [0.25, 0.3) is 0 Å². The highest BCUT2D eigenvalue weighted by atomic mass is 19.1. The number of amides is 2. The number of carbonyl (C=O) groups is 2. The molecular formula is C18H19FN2O3. The molecule has 5 nitrogen and oxygen atoms in total. The number of carbonyl (C=O) groups excluding carboxylic acids is 2. The first kappa shape index (κ1) is 17.5. The van der Waals surface area contributed by atoms with Crippen molar-refractivity contribution in [2.75, 3.05) is 24.4 Å². The van der Waals surface area contributed by atoms with Gasteiger partial charge in [0.1, 0.15) is 11.6 Å². The highest BCUT2D eigenvalue weighted by Crippen LogP contribution is 2.26. The summed E-state index contributed by atoms with van der Waals surface area (Å²) in [5, 5.41) is 2.66. The Bertz CT molecular complexity index is 744. The molecule has 0 aromatic heterocycles. The molecule has 0 atom stereocenters. The minimum Gasteiger partial charge on any atom is -0.497 e. The first-order valence-corrected chi connectivity index (χ1v) is 7.37. The Kier molecular flexibility index (Phi) is 5.52. The van der Waals surface area contributed by atoms with Crippen LogP contribution < -0.4 is 15.0 Å². The van der Waals surface area contributed by atoms with Gasteiger partial charge in [-0.3, -0.25) is 9.59 Å². The van der Waals surface area contributed by atoms with E-state index < -0.39 is 5.82 Å². The van der Waals surface area contributed by atoms with Crippen LogP contribution in [-0.2, 0) is 16.0 Å². The molecule has 0 aliphatic carbocycles. The Labute approximate surface area is 140 Å². The van der Waals surface area contributed by atoms with Gasteiger partial charge in [-0.1, -0.05) is 12.1 Å². The van der Waals surface area contributed by atoms with E-state index in [4.69, 9.17) is 4.74 Å². The molecule has 0 heterocycles. The van der Waals surface area contributed by atoms with Crippen LogP contribution in [0.4, 0.5) is 15.8 Å². The largest absolute Gasteiger partial charge is 0.497 e. The predicted molar refractivity (Wildman–Crippen MR) is 90.8 cm³/mol. The molecule has 24 heavy (non-hydrogen) atoms. The molecule has 2 aromatic rings. The summed E-state index contributed by atoms with van der Waals surface area (Å²) < 4.78 is 18.6. The van der Waals surface area contributed by atoms with Crippen LogP contribution in [0.2, 0.25) is 0 Å². The highest BCUT2D eigenvalue weighted by Gasteiger charge is 2.14. The molecule has 0 spiro atoms. The molecule has 0 saturated heterocycles. The van der Waals surface area contributed by atoms with Gasteiger partial charge in [0.25, 0.3) is 0 Å². The number of halogens is 1. The lowest BCUT2D eigenvalue weighted by Gasteiger charge is -2.19. The van der Waals surface area contributed by atoms with E-state index in [1.807, 2.05) is 0 Å². The first-order chi connectivity index (χ1) is 11.4. The number of rotatable bonds is 5. The second kappa shape index (κ2) is 7.59. The van der Waals surface area contributed by atoms with Gasteiger partial charge in [-0.2, -0.15) is 0 Å². The van der Waals surface area contributed by atoms with Crippen LogP contribution in [0.3, 0.4) is 0 Å². The van der Waals surface area contributed by atoms with Crippen molar-refractivity contribution < 1.29 is 18.7 Å². The quantitative estimate of drug-likeness (QED) is 0.917. The average molecular weight is 330 g/mol. The van der Waals surface area contributed by atoms with Crippen molar-refractivity contribution in [1.29, 1.82) is 0 Å². The Morgan fingerprint density at radius 1 is 1.17 bits per heavy atom. The number of nitrogens with zero attached hydrogens (tertiary/aromatic N) is 1. The number of nitrogens with one attached hydrogen (secondary N) is 1. The monoisotopic (exact) mass is 330 g/mol. The second-order valence-electron chi connectivity index (χ2n) is 5.31. The third-order valence-electron chi connectivity index (χ3n) is 3.59. The van der Waals surface area contributed by atoms with Gasteiger partial charge < -0.3 is 15.0 Å². The molecule has 1 N–H and O–H groups in total. The third kappa shape index (κ3) is 4.32. The van der Waals surface area contributed by atoms with Gasteiger partial charge in [0.15, 0.2) is 0 Å². The Morgan fingerprint density at radius 3 is 2.42 bits per heavy atom. The van der Waals surface area contributed by atoms with E-state index in [0.29, 0.717) is 11.4 Å². The molecule has 0 fully saturated rings. The fourth-order valence-electron chi connectivity index (χ4n) is 2.19. The van der Waals surface area contributed by atoms with Crippen molar-refractivity contribution in [3.05, 3.63) is 53.8 Å². The average Bonchev–Trinajstić information content (AvgIpc) is 2.55. The van der Waals surface area contributed by atoms with Gasteiger partial charge in [0, 0.05) is 14.0 Å². The molecule has 2 rings (SSSR count). The van der Waals surface area contributed by atoms with Crippen molar-refractivity contribution in [2.24, 2.45) is 0 Å². The number of anilines is 2. The van der Waals surface area contributed by atoms with E-state index in [-0.39, 0.29) is 23.9 Å². The zero-order chi connectivity index (χ0) is 17.7. The van der Waals surface area contributed by atoms with Crippen LogP contribution in [0.15, 0.2) is 42.5 Å². The summed E-state index contributed by atoms with van der Waals surface area (Å²) in [6.07, 6.45) is 0.129. The molecule has 0 unspecified atom stereocenters. The standard InChI is InChI=1S/C18H19FN2O3/c1-12(22)21(2)17-9-6-14(19)11-16(17)20-18(23)10-13-4-7-15(24-3)8-5-13/h4-9,11H,10H2,1-3H3,(H,20,23). The van der Waals surface area contributed by atoms with Crippen LogP contribution in [0, 0.1) is 5.82 Å². The molecule has 0 aliphatic heterocycles. The first-order valence-electron chi connectivity index (χ1n) is 7.37. The lowest BCUT2D eigenvalue weighted by Crippen LogP contribution is -2.25. The zero-order valence-corrected chi connectivity index (χ0v) is 13.8. The molecule has 126 valence electrons. The van der Waals surface area contributed by atoms with E-state index >= 15 is 0 Å². The summed E-state index contributed by atoms with van der Waals surface area (Å²) in [5.41, 5.74) is 1.49. The molecule has 6 heteroatoms. The SMILES string of the molecule is COc1ccc(CC(=O)Nc2cc(F)ccc2N(C)C(C)=O)cc1. The molecule has 0 saturated carbocycles. The Balaban J connectivity index is 2.15. The fraction of sp³-hybridized carbons (Fsp3) is 0.222. The summed E-state index contributed by atoms with van der Waals surface area (Å²) in [5.74, 6) is -0.304.